The molecule has 5 aromatic rings. The number of amides is 1. The highest BCUT2D eigenvalue weighted by atomic mass is 16.5. The molecule has 11 heteroatoms. The van der Waals surface area contributed by atoms with Gasteiger partial charge in [-0.25, -0.2) is 4.68 Å². The SMILES string of the molecule is CCOc1ccc2[nH]c(=O)c([C@H](c3nnnn3CCc3ccccc3)N3CCN(C(=O)c4ccco4)CC3)cc2c1. The van der Waals surface area contributed by atoms with Crippen molar-refractivity contribution < 1.29 is 13.9 Å². The molecule has 1 aliphatic rings. The number of carbonyl (C=O) groups is 1. The average molecular weight is 554 g/mol. The zero-order chi connectivity index (χ0) is 28.2. The maximum Gasteiger partial charge on any atom is 0.289 e. The van der Waals surface area contributed by atoms with Crippen LogP contribution in [0.2, 0.25) is 0 Å². The summed E-state index contributed by atoms with van der Waals surface area (Å²) in [7, 11) is 0. The molecule has 0 aliphatic carbocycles. The number of tetrazole rings is 1. The lowest BCUT2D eigenvalue weighted by Crippen LogP contribution is -2.50. The van der Waals surface area contributed by atoms with Gasteiger partial charge in [0.25, 0.3) is 11.5 Å². The summed E-state index contributed by atoms with van der Waals surface area (Å²) in [6.45, 7) is 5.03. The predicted octanol–water partition coefficient (Wildman–Crippen LogP) is 3.30. The van der Waals surface area contributed by atoms with E-state index in [-0.39, 0.29) is 11.5 Å². The van der Waals surface area contributed by atoms with Crippen LogP contribution in [0.4, 0.5) is 0 Å². The summed E-state index contributed by atoms with van der Waals surface area (Å²) in [5.41, 5.74) is 2.21. The number of ether oxygens (including phenoxy) is 1. The Balaban J connectivity index is 1.35. The smallest absolute Gasteiger partial charge is 0.289 e. The lowest BCUT2D eigenvalue weighted by atomic mass is 10.0. The Kier molecular flexibility index (Phi) is 7.59. The molecule has 1 atom stereocenters. The molecule has 3 aromatic heterocycles. The van der Waals surface area contributed by atoms with E-state index in [1.165, 1.54) is 11.8 Å². The first-order valence-corrected chi connectivity index (χ1v) is 13.8. The second-order valence-corrected chi connectivity index (χ2v) is 9.94. The molecule has 41 heavy (non-hydrogen) atoms. The Bertz CT molecular complexity index is 1670. The van der Waals surface area contributed by atoms with Crippen LogP contribution in [0.1, 0.15) is 40.5 Å². The van der Waals surface area contributed by atoms with Crippen molar-refractivity contribution in [3.05, 3.63) is 106 Å². The number of benzene rings is 2. The van der Waals surface area contributed by atoms with E-state index in [2.05, 4.69) is 37.5 Å². The van der Waals surface area contributed by atoms with Crippen LogP contribution in [0.3, 0.4) is 0 Å². The number of rotatable bonds is 9. The number of piperazine rings is 1. The van der Waals surface area contributed by atoms with E-state index in [1.807, 2.05) is 49.4 Å². The average Bonchev–Trinajstić information content (AvgIpc) is 3.71. The largest absolute Gasteiger partial charge is 0.494 e. The predicted molar refractivity (Wildman–Crippen MR) is 152 cm³/mol. The first kappa shape index (κ1) is 26.5. The summed E-state index contributed by atoms with van der Waals surface area (Å²) >= 11 is 0. The summed E-state index contributed by atoms with van der Waals surface area (Å²) in [5, 5.41) is 13.6. The molecule has 0 bridgehead atoms. The highest BCUT2D eigenvalue weighted by molar-refractivity contribution is 5.91. The molecule has 1 saturated heterocycles. The number of carbonyl (C=O) groups excluding carboxylic acids is 1. The summed E-state index contributed by atoms with van der Waals surface area (Å²) in [6, 6.07) is 20.5. The van der Waals surface area contributed by atoms with E-state index in [4.69, 9.17) is 9.15 Å². The number of fused-ring (bicyclic) bond motifs is 1. The van der Waals surface area contributed by atoms with Crippen molar-refractivity contribution >= 4 is 16.8 Å². The molecular weight excluding hydrogens is 522 g/mol. The van der Waals surface area contributed by atoms with Crippen LogP contribution < -0.4 is 10.3 Å². The topological polar surface area (TPSA) is 122 Å². The standard InChI is InChI=1S/C30H31N7O4/c1-2-40-23-10-11-25-22(19-23)20-24(29(38)31-25)27(28-32-33-34-37(28)13-12-21-7-4-3-5-8-21)35-14-16-36(17-15-35)30(39)26-9-6-18-41-26/h3-11,18-20,27H,2,12-17H2,1H3,(H,31,38)/t27-/m1/s1. The molecule has 4 heterocycles. The normalized spacial score (nSPS) is 14.8. The van der Waals surface area contributed by atoms with Gasteiger partial charge in [-0.05, 0) is 65.7 Å². The molecule has 2 aromatic carbocycles. The fourth-order valence-corrected chi connectivity index (χ4v) is 5.35. The molecule has 0 radical (unpaired) electrons. The number of H-pyrrole nitrogens is 1. The van der Waals surface area contributed by atoms with Crippen molar-refractivity contribution in [3.8, 4) is 5.75 Å². The third-order valence-corrected chi connectivity index (χ3v) is 7.41. The minimum absolute atomic E-state index is 0.147. The Morgan fingerprint density at radius 2 is 1.88 bits per heavy atom. The lowest BCUT2D eigenvalue weighted by molar-refractivity contribution is 0.0558. The van der Waals surface area contributed by atoms with E-state index in [0.717, 1.165) is 23.1 Å². The molecule has 6 rings (SSSR count). The van der Waals surface area contributed by atoms with Crippen molar-refractivity contribution in [1.29, 1.82) is 0 Å². The molecule has 1 aliphatic heterocycles. The number of aryl methyl sites for hydroxylation is 2. The van der Waals surface area contributed by atoms with Crippen molar-refractivity contribution in [2.75, 3.05) is 32.8 Å². The van der Waals surface area contributed by atoms with E-state index >= 15 is 0 Å². The summed E-state index contributed by atoms with van der Waals surface area (Å²) in [5.74, 6) is 1.48. The third-order valence-electron chi connectivity index (χ3n) is 7.41. The molecule has 0 unspecified atom stereocenters. The van der Waals surface area contributed by atoms with Crippen LogP contribution in [0, 0.1) is 0 Å². The Hall–Kier alpha value is -4.77. The number of nitrogens with zero attached hydrogens (tertiary/aromatic N) is 6. The lowest BCUT2D eigenvalue weighted by Gasteiger charge is -2.38. The van der Waals surface area contributed by atoms with Crippen LogP contribution in [0.25, 0.3) is 10.9 Å². The summed E-state index contributed by atoms with van der Waals surface area (Å²) < 4.78 is 12.8. The first-order chi connectivity index (χ1) is 20.1. The van der Waals surface area contributed by atoms with Crippen LogP contribution in [-0.2, 0) is 13.0 Å². The molecule has 210 valence electrons. The maximum absolute atomic E-state index is 13.6. The number of aromatic amines is 1. The third kappa shape index (κ3) is 5.62. The Morgan fingerprint density at radius 1 is 1.05 bits per heavy atom. The van der Waals surface area contributed by atoms with Gasteiger partial charge < -0.3 is 19.0 Å². The van der Waals surface area contributed by atoms with Gasteiger partial charge in [-0.15, -0.1) is 5.10 Å². The monoisotopic (exact) mass is 553 g/mol. The molecule has 1 N–H and O–H groups in total. The number of hydrogen-bond acceptors (Lipinski definition) is 8. The van der Waals surface area contributed by atoms with E-state index < -0.39 is 6.04 Å². The Morgan fingerprint density at radius 3 is 2.63 bits per heavy atom. The number of hydrogen-bond donors (Lipinski definition) is 1. The van der Waals surface area contributed by atoms with Gasteiger partial charge >= 0.3 is 0 Å². The molecule has 0 spiro atoms. The van der Waals surface area contributed by atoms with Gasteiger partial charge in [0, 0.05) is 49.2 Å². The maximum atomic E-state index is 13.6. The summed E-state index contributed by atoms with van der Waals surface area (Å²) in [4.78, 5) is 33.5. The minimum atomic E-state index is -0.523. The van der Waals surface area contributed by atoms with Crippen molar-refractivity contribution in [2.45, 2.75) is 25.9 Å². The van der Waals surface area contributed by atoms with E-state index in [1.54, 1.807) is 21.7 Å². The quantitative estimate of drug-likeness (QED) is 0.295. The fraction of sp³-hybridized carbons (Fsp3) is 0.300. The second-order valence-electron chi connectivity index (χ2n) is 9.94. The molecule has 11 nitrogen and oxygen atoms in total. The zero-order valence-electron chi connectivity index (χ0n) is 22.8. The number of furan rings is 1. The fourth-order valence-electron chi connectivity index (χ4n) is 5.35. The highest BCUT2D eigenvalue weighted by Crippen LogP contribution is 2.29. The van der Waals surface area contributed by atoms with Gasteiger partial charge in [-0.1, -0.05) is 30.3 Å². The van der Waals surface area contributed by atoms with Crippen LogP contribution in [-0.4, -0.2) is 73.7 Å². The molecular formula is C30H31N7O4. The molecule has 1 fully saturated rings. The van der Waals surface area contributed by atoms with Crippen LogP contribution in [0.15, 0.2) is 82.2 Å². The van der Waals surface area contributed by atoms with Gasteiger partial charge in [0.05, 0.1) is 12.9 Å². The van der Waals surface area contributed by atoms with Gasteiger partial charge in [0.15, 0.2) is 11.6 Å². The van der Waals surface area contributed by atoms with E-state index in [9.17, 15) is 9.59 Å². The van der Waals surface area contributed by atoms with Crippen molar-refractivity contribution in [1.82, 2.24) is 35.0 Å². The van der Waals surface area contributed by atoms with Gasteiger partial charge in [-0.3, -0.25) is 14.5 Å². The van der Waals surface area contributed by atoms with Gasteiger partial charge in [-0.2, -0.15) is 0 Å². The second kappa shape index (κ2) is 11.8. The van der Waals surface area contributed by atoms with Gasteiger partial charge in [0.2, 0.25) is 0 Å². The molecule has 1 amide bonds. The van der Waals surface area contributed by atoms with E-state index in [0.29, 0.717) is 56.5 Å². The molecule has 0 saturated carbocycles. The number of nitrogens with one attached hydrogen (secondary N) is 1. The van der Waals surface area contributed by atoms with Crippen LogP contribution in [0.5, 0.6) is 5.75 Å². The highest BCUT2D eigenvalue weighted by Gasteiger charge is 2.34. The first-order valence-electron chi connectivity index (χ1n) is 13.8. The number of pyridine rings is 1. The summed E-state index contributed by atoms with van der Waals surface area (Å²) in [6.07, 6.45) is 2.24. The zero-order valence-corrected chi connectivity index (χ0v) is 22.8. The van der Waals surface area contributed by atoms with Crippen molar-refractivity contribution in [3.63, 3.8) is 0 Å². The van der Waals surface area contributed by atoms with Crippen LogP contribution >= 0.6 is 0 Å². The van der Waals surface area contributed by atoms with Crippen molar-refractivity contribution in [2.24, 2.45) is 0 Å². The Labute approximate surface area is 236 Å². The number of aromatic nitrogens is 5. The minimum Gasteiger partial charge on any atom is -0.494 e. The van der Waals surface area contributed by atoms with Gasteiger partial charge in [0.1, 0.15) is 11.8 Å².